The summed E-state index contributed by atoms with van der Waals surface area (Å²) in [6.45, 7) is 0. The van der Waals surface area contributed by atoms with Crippen molar-refractivity contribution < 1.29 is 0 Å². The normalized spacial score (nSPS) is 10.5. The molecule has 62 valence electrons. The van der Waals surface area contributed by atoms with Crippen LogP contribution in [0.25, 0.3) is 10.6 Å². The zero-order chi connectivity index (χ0) is 8.55. The highest BCUT2D eigenvalue weighted by Gasteiger charge is 2.07. The van der Waals surface area contributed by atoms with Crippen LogP contribution in [0.2, 0.25) is 9.49 Å². The fourth-order valence-corrected chi connectivity index (χ4v) is 2.84. The molecule has 2 rings (SSSR count). The molecule has 0 aromatic carbocycles. The third kappa shape index (κ3) is 1.50. The van der Waals surface area contributed by atoms with Crippen molar-refractivity contribution in [2.75, 3.05) is 0 Å². The minimum Gasteiger partial charge on any atom is -0.224 e. The van der Waals surface area contributed by atoms with Crippen LogP contribution < -0.4 is 0 Å². The number of hydrogen-bond donors (Lipinski definition) is 0. The van der Waals surface area contributed by atoms with Crippen LogP contribution in [0, 0.1) is 0 Å². The summed E-state index contributed by atoms with van der Waals surface area (Å²) in [5.41, 5.74) is 0.971. The van der Waals surface area contributed by atoms with Gasteiger partial charge in [0.15, 0.2) is 0 Å². The second-order valence-corrected chi connectivity index (χ2v) is 4.85. The summed E-state index contributed by atoms with van der Waals surface area (Å²) in [5.74, 6) is 0. The van der Waals surface area contributed by atoms with E-state index in [1.807, 2.05) is 11.4 Å². The van der Waals surface area contributed by atoms with Gasteiger partial charge in [-0.1, -0.05) is 23.2 Å². The van der Waals surface area contributed by atoms with E-state index in [9.17, 15) is 0 Å². The minimum atomic E-state index is 0.525. The molecule has 1 nitrogen and oxygen atoms in total. The molecule has 0 N–H and O–H groups in total. The predicted molar refractivity (Wildman–Crippen MR) is 55.4 cm³/mol. The van der Waals surface area contributed by atoms with Crippen molar-refractivity contribution in [2.24, 2.45) is 0 Å². The van der Waals surface area contributed by atoms with Gasteiger partial charge in [0, 0.05) is 10.9 Å². The van der Waals surface area contributed by atoms with Crippen molar-refractivity contribution in [3.05, 3.63) is 26.3 Å². The van der Waals surface area contributed by atoms with Crippen LogP contribution in [0.5, 0.6) is 0 Å². The number of thiazole rings is 1. The van der Waals surface area contributed by atoms with E-state index in [-0.39, 0.29) is 0 Å². The van der Waals surface area contributed by atoms with Crippen LogP contribution in [0.15, 0.2) is 16.8 Å². The molecule has 2 aromatic rings. The summed E-state index contributed by atoms with van der Waals surface area (Å²) in [5, 5.41) is 5.14. The van der Waals surface area contributed by atoms with E-state index < -0.39 is 0 Å². The van der Waals surface area contributed by atoms with Gasteiger partial charge < -0.3 is 0 Å². The quantitative estimate of drug-likeness (QED) is 0.723. The summed E-state index contributed by atoms with van der Waals surface area (Å²) in [6.07, 6.45) is 0. The second kappa shape index (κ2) is 3.34. The zero-order valence-corrected chi connectivity index (χ0v) is 8.90. The van der Waals surface area contributed by atoms with Crippen LogP contribution >= 0.6 is 45.9 Å². The SMILES string of the molecule is Clc1csc(-c2ccsc2Cl)n1. The molecule has 0 aliphatic carbocycles. The van der Waals surface area contributed by atoms with Crippen LogP contribution in [-0.2, 0) is 0 Å². The number of halogens is 2. The molecule has 0 aliphatic rings. The van der Waals surface area contributed by atoms with Gasteiger partial charge >= 0.3 is 0 Å². The topological polar surface area (TPSA) is 12.9 Å². The molecule has 0 fully saturated rings. The number of rotatable bonds is 1. The maximum absolute atomic E-state index is 5.93. The van der Waals surface area contributed by atoms with Crippen LogP contribution in [0.4, 0.5) is 0 Å². The molecule has 0 bridgehead atoms. The van der Waals surface area contributed by atoms with Gasteiger partial charge in [0.05, 0.1) is 0 Å². The lowest BCUT2D eigenvalue weighted by Crippen LogP contribution is -1.70. The first-order valence-electron chi connectivity index (χ1n) is 3.12. The highest BCUT2D eigenvalue weighted by atomic mass is 35.5. The number of aromatic nitrogens is 1. The summed E-state index contributed by atoms with van der Waals surface area (Å²) in [7, 11) is 0. The molecule has 0 amide bonds. The Morgan fingerprint density at radius 1 is 1.25 bits per heavy atom. The molecule has 12 heavy (non-hydrogen) atoms. The summed E-state index contributed by atoms with van der Waals surface area (Å²) < 4.78 is 0.765. The van der Waals surface area contributed by atoms with E-state index in [2.05, 4.69) is 4.98 Å². The average molecular weight is 236 g/mol. The maximum Gasteiger partial charge on any atom is 0.140 e. The Hall–Kier alpha value is -0.0900. The smallest absolute Gasteiger partial charge is 0.140 e. The van der Waals surface area contributed by atoms with E-state index in [1.54, 1.807) is 5.38 Å². The molecule has 0 unspecified atom stereocenters. The third-order valence-corrected chi connectivity index (χ3v) is 3.69. The number of nitrogens with zero attached hydrogens (tertiary/aromatic N) is 1. The van der Waals surface area contributed by atoms with Gasteiger partial charge in [-0.05, 0) is 11.4 Å². The van der Waals surface area contributed by atoms with Gasteiger partial charge in [0.2, 0.25) is 0 Å². The number of thiophene rings is 1. The van der Waals surface area contributed by atoms with Crippen molar-refractivity contribution >= 4 is 45.9 Å². The highest BCUT2D eigenvalue weighted by Crippen LogP contribution is 2.34. The Morgan fingerprint density at radius 2 is 2.08 bits per heavy atom. The molecule has 0 aliphatic heterocycles. The third-order valence-electron chi connectivity index (χ3n) is 1.32. The lowest BCUT2D eigenvalue weighted by atomic mass is 10.4. The Balaban J connectivity index is 2.50. The molecule has 0 saturated heterocycles. The lowest BCUT2D eigenvalue weighted by molar-refractivity contribution is 1.42. The van der Waals surface area contributed by atoms with Gasteiger partial charge in [-0.3, -0.25) is 0 Å². The first-order chi connectivity index (χ1) is 5.77. The van der Waals surface area contributed by atoms with Crippen molar-refractivity contribution in [1.29, 1.82) is 0 Å². The summed E-state index contributed by atoms with van der Waals surface area (Å²) >= 11 is 14.6. The summed E-state index contributed by atoms with van der Waals surface area (Å²) in [6, 6.07) is 1.95. The second-order valence-electron chi connectivity index (χ2n) is 2.08. The molecule has 0 saturated carbocycles. The van der Waals surface area contributed by atoms with Crippen molar-refractivity contribution in [1.82, 2.24) is 4.98 Å². The molecule has 2 heterocycles. The monoisotopic (exact) mass is 235 g/mol. The van der Waals surface area contributed by atoms with Crippen molar-refractivity contribution in [3.63, 3.8) is 0 Å². The van der Waals surface area contributed by atoms with E-state index >= 15 is 0 Å². The predicted octanol–water partition coefficient (Wildman–Crippen LogP) is 4.18. The van der Waals surface area contributed by atoms with E-state index in [1.165, 1.54) is 22.7 Å². The largest absolute Gasteiger partial charge is 0.224 e. The molecule has 5 heteroatoms. The molecule has 2 aromatic heterocycles. The number of hydrogen-bond acceptors (Lipinski definition) is 3. The lowest BCUT2D eigenvalue weighted by Gasteiger charge is -1.88. The Labute approximate surface area is 87.6 Å². The van der Waals surface area contributed by atoms with Crippen molar-refractivity contribution in [2.45, 2.75) is 0 Å². The Kier molecular flexibility index (Phi) is 2.37. The van der Waals surface area contributed by atoms with Gasteiger partial charge in [-0.15, -0.1) is 22.7 Å². The minimum absolute atomic E-state index is 0.525. The Morgan fingerprint density at radius 3 is 2.58 bits per heavy atom. The molecule has 0 spiro atoms. The van der Waals surface area contributed by atoms with Gasteiger partial charge in [-0.2, -0.15) is 0 Å². The molecular formula is C7H3Cl2NS2. The van der Waals surface area contributed by atoms with Gasteiger partial charge in [-0.25, -0.2) is 4.98 Å². The van der Waals surface area contributed by atoms with Crippen LogP contribution in [-0.4, -0.2) is 4.98 Å². The van der Waals surface area contributed by atoms with Crippen LogP contribution in [0.3, 0.4) is 0 Å². The van der Waals surface area contributed by atoms with Gasteiger partial charge in [0.25, 0.3) is 0 Å². The average Bonchev–Trinajstić information content (AvgIpc) is 2.58. The zero-order valence-electron chi connectivity index (χ0n) is 5.75. The standard InChI is InChI=1S/C7H3Cl2NS2/c8-5-3-12-7(10-5)4-1-2-11-6(4)9/h1-3H. The van der Waals surface area contributed by atoms with E-state index in [0.717, 1.165) is 14.9 Å². The Bertz CT molecular complexity index is 394. The van der Waals surface area contributed by atoms with Gasteiger partial charge in [0.1, 0.15) is 14.5 Å². The fourth-order valence-electron chi connectivity index (χ4n) is 0.824. The highest BCUT2D eigenvalue weighted by molar-refractivity contribution is 7.17. The summed E-state index contributed by atoms with van der Waals surface area (Å²) in [4.78, 5) is 4.12. The van der Waals surface area contributed by atoms with E-state index in [4.69, 9.17) is 23.2 Å². The first kappa shape index (κ1) is 8.51. The van der Waals surface area contributed by atoms with E-state index in [0.29, 0.717) is 5.15 Å². The van der Waals surface area contributed by atoms with Crippen molar-refractivity contribution in [3.8, 4) is 10.6 Å². The maximum atomic E-state index is 5.93. The first-order valence-corrected chi connectivity index (χ1v) is 5.63. The molecular weight excluding hydrogens is 233 g/mol. The molecule has 0 radical (unpaired) electrons. The molecule has 0 atom stereocenters. The van der Waals surface area contributed by atoms with Crippen LogP contribution in [0.1, 0.15) is 0 Å². The fraction of sp³-hybridized carbons (Fsp3) is 0.